The molecule has 0 radical (unpaired) electrons. The van der Waals surface area contributed by atoms with E-state index in [-0.39, 0.29) is 17.1 Å². The molecule has 0 amide bonds. The topological polar surface area (TPSA) is 93.3 Å². The molecule has 0 saturated carbocycles. The van der Waals surface area contributed by atoms with Gasteiger partial charge >= 0.3 is 5.97 Å². The molecule has 0 spiro atoms. The Morgan fingerprint density at radius 2 is 2.14 bits per heavy atom. The van der Waals surface area contributed by atoms with Gasteiger partial charge in [0, 0.05) is 5.56 Å². The smallest absolute Gasteiger partial charge is 0.354 e. The summed E-state index contributed by atoms with van der Waals surface area (Å²) in [7, 11) is 0. The van der Waals surface area contributed by atoms with Gasteiger partial charge in [-0.2, -0.15) is 0 Å². The molecule has 1 N–H and O–H groups in total. The van der Waals surface area contributed by atoms with Gasteiger partial charge in [-0.05, 0) is 19.9 Å². The SMILES string of the molecule is Cc1cc(C(=O)O)nc(C)c1[N+](=O)[O-]. The molecule has 1 aromatic heterocycles. The number of hydrogen-bond acceptors (Lipinski definition) is 4. The van der Waals surface area contributed by atoms with Gasteiger partial charge in [-0.3, -0.25) is 10.1 Å². The first kappa shape index (κ1) is 10.1. The maximum atomic E-state index is 10.6. The van der Waals surface area contributed by atoms with Crippen molar-refractivity contribution in [3.63, 3.8) is 0 Å². The number of carboxylic acids is 1. The van der Waals surface area contributed by atoms with E-state index < -0.39 is 10.9 Å². The predicted octanol–water partition coefficient (Wildman–Crippen LogP) is 1.30. The Kier molecular flexibility index (Phi) is 2.46. The van der Waals surface area contributed by atoms with E-state index in [9.17, 15) is 14.9 Å². The summed E-state index contributed by atoms with van der Waals surface area (Å²) in [5.41, 5.74) is 0.118. The maximum Gasteiger partial charge on any atom is 0.354 e. The van der Waals surface area contributed by atoms with Crippen LogP contribution in [-0.2, 0) is 0 Å². The predicted molar refractivity (Wildman–Crippen MR) is 47.3 cm³/mol. The van der Waals surface area contributed by atoms with Crippen molar-refractivity contribution < 1.29 is 14.8 Å². The minimum Gasteiger partial charge on any atom is -0.477 e. The van der Waals surface area contributed by atoms with Gasteiger partial charge in [-0.25, -0.2) is 9.78 Å². The van der Waals surface area contributed by atoms with Crippen LogP contribution in [0.4, 0.5) is 5.69 Å². The molecule has 6 nitrogen and oxygen atoms in total. The van der Waals surface area contributed by atoms with E-state index in [1.165, 1.54) is 19.9 Å². The lowest BCUT2D eigenvalue weighted by Gasteiger charge is -2.01. The highest BCUT2D eigenvalue weighted by molar-refractivity contribution is 5.86. The summed E-state index contributed by atoms with van der Waals surface area (Å²) < 4.78 is 0. The number of aromatic carboxylic acids is 1. The summed E-state index contributed by atoms with van der Waals surface area (Å²) in [6, 6.07) is 1.19. The third kappa shape index (κ3) is 1.68. The molecular weight excluding hydrogens is 188 g/mol. The molecule has 0 aromatic carbocycles. The van der Waals surface area contributed by atoms with E-state index in [0.717, 1.165) is 0 Å². The molecule has 0 aliphatic carbocycles. The van der Waals surface area contributed by atoms with Crippen LogP contribution < -0.4 is 0 Å². The van der Waals surface area contributed by atoms with Crippen molar-refractivity contribution in [1.82, 2.24) is 4.98 Å². The average molecular weight is 196 g/mol. The van der Waals surface area contributed by atoms with Crippen molar-refractivity contribution in [3.8, 4) is 0 Å². The Morgan fingerprint density at radius 1 is 1.57 bits per heavy atom. The standard InChI is InChI=1S/C8H8N2O4/c1-4-3-6(8(11)12)9-5(2)7(4)10(13)14/h3H,1-2H3,(H,11,12). The molecule has 0 aliphatic rings. The number of aryl methyl sites for hydroxylation is 2. The zero-order chi connectivity index (χ0) is 10.9. The van der Waals surface area contributed by atoms with Crippen LogP contribution in [0.15, 0.2) is 6.07 Å². The lowest BCUT2D eigenvalue weighted by atomic mass is 10.1. The molecular formula is C8H8N2O4. The molecule has 0 fully saturated rings. The van der Waals surface area contributed by atoms with Gasteiger partial charge in [-0.1, -0.05) is 0 Å². The van der Waals surface area contributed by atoms with E-state index >= 15 is 0 Å². The van der Waals surface area contributed by atoms with Crippen LogP contribution in [-0.4, -0.2) is 21.0 Å². The Morgan fingerprint density at radius 3 is 2.50 bits per heavy atom. The molecule has 74 valence electrons. The second kappa shape index (κ2) is 3.41. The number of nitro groups is 1. The molecule has 0 unspecified atom stereocenters. The monoisotopic (exact) mass is 196 g/mol. The van der Waals surface area contributed by atoms with Gasteiger partial charge in [0.1, 0.15) is 11.4 Å². The number of hydrogen-bond donors (Lipinski definition) is 1. The van der Waals surface area contributed by atoms with Gasteiger partial charge in [-0.15, -0.1) is 0 Å². The highest BCUT2D eigenvalue weighted by Gasteiger charge is 2.18. The first-order chi connectivity index (χ1) is 6.43. The summed E-state index contributed by atoms with van der Waals surface area (Å²) in [6.07, 6.45) is 0. The summed E-state index contributed by atoms with van der Waals surface area (Å²) in [4.78, 5) is 24.1. The Bertz CT molecular complexity index is 391. The van der Waals surface area contributed by atoms with Crippen molar-refractivity contribution in [2.24, 2.45) is 0 Å². The van der Waals surface area contributed by atoms with Crippen LogP contribution in [0.2, 0.25) is 0 Å². The number of rotatable bonds is 2. The van der Waals surface area contributed by atoms with Crippen LogP contribution >= 0.6 is 0 Å². The van der Waals surface area contributed by atoms with E-state index in [0.29, 0.717) is 5.56 Å². The fourth-order valence-corrected chi connectivity index (χ4v) is 1.21. The Balaban J connectivity index is 3.39. The normalized spacial score (nSPS) is 9.86. The first-order valence-corrected chi connectivity index (χ1v) is 3.79. The Hall–Kier alpha value is -1.98. The molecule has 6 heteroatoms. The number of carboxylic acid groups (broad SMARTS) is 1. The van der Waals surface area contributed by atoms with Crippen molar-refractivity contribution in [1.29, 1.82) is 0 Å². The minimum absolute atomic E-state index is 0.118. The number of pyridine rings is 1. The quantitative estimate of drug-likeness (QED) is 0.568. The lowest BCUT2D eigenvalue weighted by Crippen LogP contribution is -2.05. The van der Waals surface area contributed by atoms with Gasteiger partial charge in [0.15, 0.2) is 0 Å². The van der Waals surface area contributed by atoms with Crippen LogP contribution in [0.3, 0.4) is 0 Å². The molecule has 14 heavy (non-hydrogen) atoms. The molecule has 1 rings (SSSR count). The van der Waals surface area contributed by atoms with Gasteiger partial charge < -0.3 is 5.11 Å². The zero-order valence-corrected chi connectivity index (χ0v) is 7.64. The number of carbonyl (C=O) groups is 1. The summed E-state index contributed by atoms with van der Waals surface area (Å²) in [5, 5.41) is 19.2. The number of aromatic nitrogens is 1. The second-order valence-electron chi connectivity index (χ2n) is 2.82. The fourth-order valence-electron chi connectivity index (χ4n) is 1.21. The lowest BCUT2D eigenvalue weighted by molar-refractivity contribution is -0.386. The van der Waals surface area contributed by atoms with Gasteiger partial charge in [0.05, 0.1) is 4.92 Å². The van der Waals surface area contributed by atoms with Crippen LogP contribution in [0.5, 0.6) is 0 Å². The third-order valence-corrected chi connectivity index (χ3v) is 1.76. The molecule has 0 aliphatic heterocycles. The first-order valence-electron chi connectivity index (χ1n) is 3.79. The van der Waals surface area contributed by atoms with E-state index in [1.54, 1.807) is 0 Å². The number of nitrogens with zero attached hydrogens (tertiary/aromatic N) is 2. The Labute approximate surface area is 79.4 Å². The maximum absolute atomic E-state index is 10.6. The zero-order valence-electron chi connectivity index (χ0n) is 7.64. The van der Waals surface area contributed by atoms with Crippen molar-refractivity contribution in [2.45, 2.75) is 13.8 Å². The fraction of sp³-hybridized carbons (Fsp3) is 0.250. The van der Waals surface area contributed by atoms with Crippen LogP contribution in [0.1, 0.15) is 21.7 Å². The molecule has 1 aromatic rings. The third-order valence-electron chi connectivity index (χ3n) is 1.76. The van der Waals surface area contributed by atoms with Crippen molar-refractivity contribution >= 4 is 11.7 Å². The summed E-state index contributed by atoms with van der Waals surface area (Å²) >= 11 is 0. The summed E-state index contributed by atoms with van der Waals surface area (Å²) in [6.45, 7) is 2.90. The molecule has 0 bridgehead atoms. The highest BCUT2D eigenvalue weighted by Crippen LogP contribution is 2.21. The van der Waals surface area contributed by atoms with Crippen molar-refractivity contribution in [3.05, 3.63) is 33.1 Å². The molecule has 1 heterocycles. The van der Waals surface area contributed by atoms with E-state index in [1.807, 2.05) is 0 Å². The highest BCUT2D eigenvalue weighted by atomic mass is 16.6. The van der Waals surface area contributed by atoms with E-state index in [4.69, 9.17) is 5.11 Å². The largest absolute Gasteiger partial charge is 0.477 e. The molecule has 0 saturated heterocycles. The summed E-state index contributed by atoms with van der Waals surface area (Å²) in [5.74, 6) is -1.19. The minimum atomic E-state index is -1.19. The van der Waals surface area contributed by atoms with Gasteiger partial charge in [0.25, 0.3) is 5.69 Å². The van der Waals surface area contributed by atoms with Crippen LogP contribution in [0.25, 0.3) is 0 Å². The van der Waals surface area contributed by atoms with Crippen molar-refractivity contribution in [2.75, 3.05) is 0 Å². The average Bonchev–Trinajstić information content (AvgIpc) is 2.01. The van der Waals surface area contributed by atoms with Crippen LogP contribution in [0, 0.1) is 24.0 Å². The molecule has 0 atom stereocenters. The second-order valence-corrected chi connectivity index (χ2v) is 2.82. The van der Waals surface area contributed by atoms with E-state index in [2.05, 4.69) is 4.98 Å². The van der Waals surface area contributed by atoms with Gasteiger partial charge in [0.2, 0.25) is 0 Å².